The van der Waals surface area contributed by atoms with Crippen LogP contribution in [0.3, 0.4) is 0 Å². The first-order chi connectivity index (χ1) is 12.7. The number of carbonyl (C=O) groups excluding carboxylic acids is 2. The lowest BCUT2D eigenvalue weighted by Crippen LogP contribution is -2.41. The summed E-state index contributed by atoms with van der Waals surface area (Å²) in [6.45, 7) is 1.02. The number of nitrogens with zero attached hydrogens (tertiary/aromatic N) is 2. The van der Waals surface area contributed by atoms with Crippen LogP contribution in [0.15, 0.2) is 47.1 Å². The van der Waals surface area contributed by atoms with E-state index >= 15 is 0 Å². The number of rotatable bonds is 4. The van der Waals surface area contributed by atoms with Crippen LogP contribution < -0.4 is 0 Å². The van der Waals surface area contributed by atoms with E-state index in [0.29, 0.717) is 13.1 Å². The number of likely N-dealkylation sites (tertiary alicyclic amines) is 1. The molecule has 7 heteroatoms. The van der Waals surface area contributed by atoms with Crippen LogP contribution in [-0.2, 0) is 9.53 Å². The Morgan fingerprint density at radius 2 is 2.15 bits per heavy atom. The van der Waals surface area contributed by atoms with Crippen LogP contribution in [-0.4, -0.2) is 41.5 Å². The molecule has 2 aromatic heterocycles. The summed E-state index contributed by atoms with van der Waals surface area (Å²) in [5.41, 5.74) is 1.00. The van der Waals surface area contributed by atoms with Crippen molar-refractivity contribution in [1.29, 1.82) is 0 Å². The summed E-state index contributed by atoms with van der Waals surface area (Å²) in [5.74, 6) is -0.478. The van der Waals surface area contributed by atoms with Gasteiger partial charge in [0, 0.05) is 19.0 Å². The number of aromatic nitrogens is 1. The predicted octanol–water partition coefficient (Wildman–Crippen LogP) is 3.45. The number of para-hydroxylation sites is 1. The van der Waals surface area contributed by atoms with Crippen LogP contribution >= 0.6 is 11.3 Å². The number of hydrogen-bond acceptors (Lipinski definition) is 6. The van der Waals surface area contributed by atoms with Crippen molar-refractivity contribution in [2.75, 3.05) is 19.7 Å². The summed E-state index contributed by atoms with van der Waals surface area (Å²) in [6, 6.07) is 11.2. The summed E-state index contributed by atoms with van der Waals surface area (Å²) < 4.78 is 11.2. The molecular formula is C19H18N2O4S. The number of ether oxygens (including phenoxy) is 1. The number of furan rings is 1. The summed E-state index contributed by atoms with van der Waals surface area (Å²) >= 11 is 1.69. The molecule has 0 bridgehead atoms. The van der Waals surface area contributed by atoms with Gasteiger partial charge in [-0.3, -0.25) is 4.79 Å². The van der Waals surface area contributed by atoms with Gasteiger partial charge in [0.15, 0.2) is 6.61 Å². The summed E-state index contributed by atoms with van der Waals surface area (Å²) in [4.78, 5) is 30.7. The van der Waals surface area contributed by atoms with Gasteiger partial charge in [-0.25, -0.2) is 9.78 Å². The second-order valence-electron chi connectivity index (χ2n) is 6.25. The fourth-order valence-electron chi connectivity index (χ4n) is 3.15. The fourth-order valence-corrected chi connectivity index (χ4v) is 4.25. The number of benzene rings is 1. The van der Waals surface area contributed by atoms with E-state index in [9.17, 15) is 9.59 Å². The van der Waals surface area contributed by atoms with Gasteiger partial charge < -0.3 is 14.1 Å². The summed E-state index contributed by atoms with van der Waals surface area (Å²) in [6.07, 6.45) is 3.32. The quantitative estimate of drug-likeness (QED) is 0.658. The molecule has 0 spiro atoms. The molecule has 26 heavy (non-hydrogen) atoms. The van der Waals surface area contributed by atoms with Crippen molar-refractivity contribution in [1.82, 2.24) is 9.88 Å². The molecule has 3 aromatic rings. The first-order valence-electron chi connectivity index (χ1n) is 8.54. The average Bonchev–Trinajstić information content (AvgIpc) is 3.35. The highest BCUT2D eigenvalue weighted by Gasteiger charge is 2.27. The molecule has 1 fully saturated rings. The number of esters is 1. The smallest absolute Gasteiger partial charge is 0.374 e. The van der Waals surface area contributed by atoms with E-state index in [4.69, 9.17) is 14.1 Å². The Morgan fingerprint density at radius 3 is 2.96 bits per heavy atom. The van der Waals surface area contributed by atoms with Gasteiger partial charge in [0.2, 0.25) is 5.76 Å². The highest BCUT2D eigenvalue weighted by Crippen LogP contribution is 2.32. The second kappa shape index (κ2) is 7.29. The predicted molar refractivity (Wildman–Crippen MR) is 97.2 cm³/mol. The molecule has 4 rings (SSSR count). The van der Waals surface area contributed by atoms with E-state index in [1.165, 1.54) is 17.0 Å². The van der Waals surface area contributed by atoms with E-state index in [1.807, 2.05) is 18.2 Å². The molecule has 0 radical (unpaired) electrons. The largest absolute Gasteiger partial charge is 0.457 e. The minimum absolute atomic E-state index is 0.101. The first-order valence-corrected chi connectivity index (χ1v) is 9.36. The third kappa shape index (κ3) is 3.48. The third-order valence-corrected chi connectivity index (χ3v) is 5.68. The molecule has 1 aliphatic heterocycles. The van der Waals surface area contributed by atoms with Crippen molar-refractivity contribution in [2.24, 2.45) is 0 Å². The lowest BCUT2D eigenvalue weighted by molar-refractivity contribution is -0.135. The maximum atomic E-state index is 12.4. The van der Waals surface area contributed by atoms with Crippen LogP contribution in [0.4, 0.5) is 0 Å². The van der Waals surface area contributed by atoms with Gasteiger partial charge in [0.25, 0.3) is 5.91 Å². The van der Waals surface area contributed by atoms with Crippen molar-refractivity contribution < 1.29 is 18.7 Å². The van der Waals surface area contributed by atoms with Gasteiger partial charge in [-0.05, 0) is 37.1 Å². The van der Waals surface area contributed by atoms with Crippen LogP contribution in [0.5, 0.6) is 0 Å². The maximum Gasteiger partial charge on any atom is 0.374 e. The lowest BCUT2D eigenvalue weighted by atomic mass is 9.99. The standard InChI is InChI=1S/C19H18N2O4S/c22-17(12-25-19(23)15-7-4-10-24-15)21-9-3-5-13(11-21)18-20-14-6-1-2-8-16(14)26-18/h1-2,4,6-8,10,13H,3,5,9,11-12H2/t13-/m0/s1. The normalized spacial score (nSPS) is 17.4. The number of carbonyl (C=O) groups is 2. The lowest BCUT2D eigenvalue weighted by Gasteiger charge is -2.31. The number of piperidine rings is 1. The molecule has 1 atom stereocenters. The van der Waals surface area contributed by atoms with Crippen molar-refractivity contribution in [3.05, 3.63) is 53.4 Å². The molecule has 0 aliphatic carbocycles. The Morgan fingerprint density at radius 1 is 1.27 bits per heavy atom. The molecule has 1 amide bonds. The summed E-state index contributed by atoms with van der Waals surface area (Å²) in [5, 5.41) is 1.07. The third-order valence-electron chi connectivity index (χ3n) is 4.48. The van der Waals surface area contributed by atoms with Crippen LogP contribution in [0.25, 0.3) is 10.2 Å². The molecule has 134 valence electrons. The molecule has 1 aromatic carbocycles. The monoisotopic (exact) mass is 370 g/mol. The van der Waals surface area contributed by atoms with Gasteiger partial charge >= 0.3 is 5.97 Å². The number of amides is 1. The molecule has 0 saturated carbocycles. The molecule has 0 unspecified atom stereocenters. The van der Waals surface area contributed by atoms with Crippen molar-refractivity contribution in [2.45, 2.75) is 18.8 Å². The fraction of sp³-hybridized carbons (Fsp3) is 0.316. The molecule has 1 aliphatic rings. The Hall–Kier alpha value is -2.67. The van der Waals surface area contributed by atoms with E-state index in [2.05, 4.69) is 6.07 Å². The minimum atomic E-state index is -0.622. The Bertz CT molecular complexity index is 886. The van der Waals surface area contributed by atoms with E-state index in [-0.39, 0.29) is 24.2 Å². The minimum Gasteiger partial charge on any atom is -0.457 e. The van der Waals surface area contributed by atoms with E-state index < -0.39 is 5.97 Å². The van der Waals surface area contributed by atoms with Gasteiger partial charge in [-0.15, -0.1) is 11.3 Å². The van der Waals surface area contributed by atoms with Gasteiger partial charge in [0.1, 0.15) is 0 Å². The number of hydrogen-bond donors (Lipinski definition) is 0. The molecule has 6 nitrogen and oxygen atoms in total. The van der Waals surface area contributed by atoms with E-state index in [1.54, 1.807) is 22.3 Å². The second-order valence-corrected chi connectivity index (χ2v) is 7.31. The van der Waals surface area contributed by atoms with Gasteiger partial charge in [-0.2, -0.15) is 0 Å². The van der Waals surface area contributed by atoms with Crippen LogP contribution in [0.1, 0.15) is 34.3 Å². The topological polar surface area (TPSA) is 72.6 Å². The van der Waals surface area contributed by atoms with E-state index in [0.717, 1.165) is 23.4 Å². The van der Waals surface area contributed by atoms with Gasteiger partial charge in [0.05, 0.1) is 21.5 Å². The highest BCUT2D eigenvalue weighted by atomic mass is 32.1. The van der Waals surface area contributed by atoms with Crippen LogP contribution in [0.2, 0.25) is 0 Å². The highest BCUT2D eigenvalue weighted by molar-refractivity contribution is 7.18. The Labute approximate surface area is 154 Å². The Kier molecular flexibility index (Phi) is 4.71. The van der Waals surface area contributed by atoms with Crippen LogP contribution in [0, 0.1) is 0 Å². The molecular weight excluding hydrogens is 352 g/mol. The van der Waals surface area contributed by atoms with Crippen molar-refractivity contribution in [3.63, 3.8) is 0 Å². The maximum absolute atomic E-state index is 12.4. The zero-order valence-corrected chi connectivity index (χ0v) is 14.9. The first kappa shape index (κ1) is 16.8. The zero-order chi connectivity index (χ0) is 17.9. The molecule has 3 heterocycles. The Balaban J connectivity index is 1.38. The SMILES string of the molecule is O=C(OCC(=O)N1CCC[C@H](c2nc3ccccc3s2)C1)c1ccco1. The van der Waals surface area contributed by atoms with Gasteiger partial charge in [-0.1, -0.05) is 12.1 Å². The summed E-state index contributed by atoms with van der Waals surface area (Å²) in [7, 11) is 0. The van der Waals surface area contributed by atoms with Crippen molar-refractivity contribution in [3.8, 4) is 0 Å². The number of thiazole rings is 1. The zero-order valence-electron chi connectivity index (χ0n) is 14.1. The average molecular weight is 370 g/mol. The number of fused-ring (bicyclic) bond motifs is 1. The molecule has 1 saturated heterocycles. The van der Waals surface area contributed by atoms with Crippen molar-refractivity contribution >= 4 is 33.4 Å². The molecule has 0 N–H and O–H groups in total.